The first-order valence-electron chi connectivity index (χ1n) is 5.64. The third kappa shape index (κ3) is 2.51. The second-order valence-corrected chi connectivity index (χ2v) is 4.35. The van der Waals surface area contributed by atoms with Gasteiger partial charge < -0.3 is 15.2 Å². The van der Waals surface area contributed by atoms with E-state index in [1.807, 2.05) is 12.1 Å². The van der Waals surface area contributed by atoms with E-state index in [4.69, 9.17) is 4.74 Å². The lowest BCUT2D eigenvalue weighted by atomic mass is 9.88. The zero-order valence-electron chi connectivity index (χ0n) is 9.57. The topological polar surface area (TPSA) is 54.4 Å². The minimum absolute atomic E-state index is 0.594. The SMILES string of the molecule is COc1ncccc1CC1(O)CCCNC1. The number of aromatic nitrogens is 1. The van der Waals surface area contributed by atoms with E-state index < -0.39 is 5.60 Å². The standard InChI is InChI=1S/C12H18N2O2/c1-16-11-10(4-2-7-14-11)8-12(15)5-3-6-13-9-12/h2,4,7,13,15H,3,5-6,8-9H2,1H3. The molecule has 0 radical (unpaired) electrons. The van der Waals surface area contributed by atoms with Crippen molar-refractivity contribution in [1.29, 1.82) is 0 Å². The van der Waals surface area contributed by atoms with E-state index >= 15 is 0 Å². The van der Waals surface area contributed by atoms with E-state index in [0.717, 1.165) is 24.9 Å². The van der Waals surface area contributed by atoms with Crippen molar-refractivity contribution < 1.29 is 9.84 Å². The molecule has 2 N–H and O–H groups in total. The lowest BCUT2D eigenvalue weighted by Crippen LogP contribution is -2.47. The summed E-state index contributed by atoms with van der Waals surface area (Å²) in [5.41, 5.74) is 0.311. The van der Waals surface area contributed by atoms with Gasteiger partial charge in [-0.15, -0.1) is 0 Å². The monoisotopic (exact) mass is 222 g/mol. The molecule has 4 nitrogen and oxygen atoms in total. The van der Waals surface area contributed by atoms with Crippen LogP contribution in [0.2, 0.25) is 0 Å². The first kappa shape index (κ1) is 11.4. The number of hydrogen-bond acceptors (Lipinski definition) is 4. The predicted molar refractivity (Wildman–Crippen MR) is 61.5 cm³/mol. The number of piperidine rings is 1. The summed E-state index contributed by atoms with van der Waals surface area (Å²) in [6.07, 6.45) is 4.14. The van der Waals surface area contributed by atoms with Crippen molar-refractivity contribution in [2.75, 3.05) is 20.2 Å². The summed E-state index contributed by atoms with van der Waals surface area (Å²) in [5.74, 6) is 0.612. The molecule has 16 heavy (non-hydrogen) atoms. The van der Waals surface area contributed by atoms with Crippen LogP contribution in [0.3, 0.4) is 0 Å². The van der Waals surface area contributed by atoms with Crippen molar-refractivity contribution in [3.05, 3.63) is 23.9 Å². The number of methoxy groups -OCH3 is 1. The summed E-state index contributed by atoms with van der Waals surface area (Å²) in [6, 6.07) is 3.83. The van der Waals surface area contributed by atoms with Crippen molar-refractivity contribution in [3.8, 4) is 5.88 Å². The summed E-state index contributed by atoms with van der Waals surface area (Å²) in [7, 11) is 1.61. The Bertz CT molecular complexity index is 349. The first-order chi connectivity index (χ1) is 7.73. The smallest absolute Gasteiger partial charge is 0.216 e. The summed E-state index contributed by atoms with van der Waals surface area (Å²) in [5, 5.41) is 13.6. The van der Waals surface area contributed by atoms with Crippen LogP contribution in [0.4, 0.5) is 0 Å². The molecule has 1 aromatic rings. The van der Waals surface area contributed by atoms with Crippen LogP contribution in [-0.2, 0) is 6.42 Å². The number of nitrogens with zero attached hydrogens (tertiary/aromatic N) is 1. The molecule has 1 aliphatic rings. The summed E-state index contributed by atoms with van der Waals surface area (Å²) in [4.78, 5) is 4.14. The van der Waals surface area contributed by atoms with Gasteiger partial charge in [0.1, 0.15) is 0 Å². The Morgan fingerprint density at radius 2 is 2.50 bits per heavy atom. The van der Waals surface area contributed by atoms with Crippen molar-refractivity contribution in [2.45, 2.75) is 24.9 Å². The van der Waals surface area contributed by atoms with Gasteiger partial charge in [0.25, 0.3) is 0 Å². The van der Waals surface area contributed by atoms with E-state index in [1.165, 1.54) is 0 Å². The number of aliphatic hydroxyl groups is 1. The van der Waals surface area contributed by atoms with Crippen LogP contribution < -0.4 is 10.1 Å². The molecule has 1 unspecified atom stereocenters. The van der Waals surface area contributed by atoms with Gasteiger partial charge in [0.2, 0.25) is 5.88 Å². The quantitative estimate of drug-likeness (QED) is 0.792. The highest BCUT2D eigenvalue weighted by atomic mass is 16.5. The summed E-state index contributed by atoms with van der Waals surface area (Å²) >= 11 is 0. The van der Waals surface area contributed by atoms with Gasteiger partial charge >= 0.3 is 0 Å². The fourth-order valence-electron chi connectivity index (χ4n) is 2.20. The molecule has 1 aromatic heterocycles. The number of β-amino-alcohol motifs (C(OH)–C–C–N with tert-alkyl or cyclic N) is 1. The summed E-state index contributed by atoms with van der Waals surface area (Å²) in [6.45, 7) is 1.64. The van der Waals surface area contributed by atoms with Crippen LogP contribution in [-0.4, -0.2) is 35.9 Å². The van der Waals surface area contributed by atoms with Crippen molar-refractivity contribution in [3.63, 3.8) is 0 Å². The fourth-order valence-corrected chi connectivity index (χ4v) is 2.20. The van der Waals surface area contributed by atoms with E-state index in [0.29, 0.717) is 18.8 Å². The zero-order valence-corrected chi connectivity index (χ0v) is 9.57. The van der Waals surface area contributed by atoms with Gasteiger partial charge in [0.15, 0.2) is 0 Å². The minimum Gasteiger partial charge on any atom is -0.481 e. The van der Waals surface area contributed by atoms with Gasteiger partial charge in [-0.3, -0.25) is 0 Å². The molecule has 88 valence electrons. The molecule has 0 saturated carbocycles. The largest absolute Gasteiger partial charge is 0.481 e. The molecule has 0 aromatic carbocycles. The first-order valence-corrected chi connectivity index (χ1v) is 5.64. The molecule has 0 spiro atoms. The highest BCUT2D eigenvalue weighted by Crippen LogP contribution is 2.25. The molecule has 1 atom stereocenters. The number of pyridine rings is 1. The van der Waals surface area contributed by atoms with Crippen LogP contribution >= 0.6 is 0 Å². The predicted octanol–water partition coefficient (Wildman–Crippen LogP) is 0.747. The number of ether oxygens (including phenoxy) is 1. The third-order valence-electron chi connectivity index (χ3n) is 3.01. The van der Waals surface area contributed by atoms with Crippen molar-refractivity contribution in [1.82, 2.24) is 10.3 Å². The maximum Gasteiger partial charge on any atom is 0.216 e. The second kappa shape index (κ2) is 4.80. The molecule has 1 aliphatic heterocycles. The van der Waals surface area contributed by atoms with Crippen LogP contribution in [0, 0.1) is 0 Å². The molecule has 2 rings (SSSR count). The average Bonchev–Trinajstić information content (AvgIpc) is 2.30. The van der Waals surface area contributed by atoms with E-state index in [2.05, 4.69) is 10.3 Å². The minimum atomic E-state index is -0.658. The van der Waals surface area contributed by atoms with Gasteiger partial charge in [0, 0.05) is 24.7 Å². The summed E-state index contributed by atoms with van der Waals surface area (Å²) < 4.78 is 5.19. The van der Waals surface area contributed by atoms with Crippen LogP contribution in [0.5, 0.6) is 5.88 Å². The van der Waals surface area contributed by atoms with Gasteiger partial charge in [-0.25, -0.2) is 4.98 Å². The fraction of sp³-hybridized carbons (Fsp3) is 0.583. The molecule has 2 heterocycles. The Hall–Kier alpha value is -1.13. The van der Waals surface area contributed by atoms with E-state index in [1.54, 1.807) is 13.3 Å². The maximum atomic E-state index is 10.4. The highest BCUT2D eigenvalue weighted by molar-refractivity contribution is 5.27. The molecule has 0 amide bonds. The maximum absolute atomic E-state index is 10.4. The zero-order chi connectivity index (χ0) is 11.4. The van der Waals surface area contributed by atoms with Crippen LogP contribution in [0.15, 0.2) is 18.3 Å². The average molecular weight is 222 g/mol. The molecule has 1 saturated heterocycles. The van der Waals surface area contributed by atoms with Gasteiger partial charge in [-0.1, -0.05) is 6.07 Å². The number of rotatable bonds is 3. The molecule has 0 bridgehead atoms. The highest BCUT2D eigenvalue weighted by Gasteiger charge is 2.30. The van der Waals surface area contributed by atoms with E-state index in [-0.39, 0.29) is 0 Å². The van der Waals surface area contributed by atoms with Gasteiger partial charge in [-0.2, -0.15) is 0 Å². The third-order valence-corrected chi connectivity index (χ3v) is 3.01. The normalized spacial score (nSPS) is 25.4. The van der Waals surface area contributed by atoms with Crippen LogP contribution in [0.25, 0.3) is 0 Å². The molecule has 0 aliphatic carbocycles. The number of nitrogens with one attached hydrogen (secondary N) is 1. The molecular formula is C12H18N2O2. The van der Waals surface area contributed by atoms with Crippen LogP contribution in [0.1, 0.15) is 18.4 Å². The van der Waals surface area contributed by atoms with E-state index in [9.17, 15) is 5.11 Å². The lowest BCUT2D eigenvalue weighted by Gasteiger charge is -2.32. The lowest BCUT2D eigenvalue weighted by molar-refractivity contribution is 0.0163. The molecule has 1 fully saturated rings. The van der Waals surface area contributed by atoms with Crippen molar-refractivity contribution >= 4 is 0 Å². The van der Waals surface area contributed by atoms with Crippen molar-refractivity contribution in [2.24, 2.45) is 0 Å². The molecular weight excluding hydrogens is 204 g/mol. The Kier molecular flexibility index (Phi) is 3.41. The Labute approximate surface area is 95.7 Å². The Balaban J connectivity index is 2.12. The van der Waals surface area contributed by atoms with Gasteiger partial charge in [-0.05, 0) is 25.5 Å². The Morgan fingerprint density at radius 3 is 3.19 bits per heavy atom. The number of hydrogen-bond donors (Lipinski definition) is 2. The Morgan fingerprint density at radius 1 is 1.62 bits per heavy atom. The second-order valence-electron chi connectivity index (χ2n) is 4.35. The van der Waals surface area contributed by atoms with Gasteiger partial charge in [0.05, 0.1) is 12.7 Å². The molecule has 4 heteroatoms.